The predicted octanol–water partition coefficient (Wildman–Crippen LogP) is 2.99. The molecule has 100 valence electrons. The van der Waals surface area contributed by atoms with E-state index in [1.54, 1.807) is 0 Å². The molecule has 0 amide bonds. The van der Waals surface area contributed by atoms with Crippen LogP contribution >= 0.6 is 0 Å². The fourth-order valence-corrected chi connectivity index (χ4v) is 3.13. The third kappa shape index (κ3) is 2.93. The summed E-state index contributed by atoms with van der Waals surface area (Å²) in [5, 5.41) is 14.2. The Kier molecular flexibility index (Phi) is 4.41. The fourth-order valence-electron chi connectivity index (χ4n) is 3.13. The molecule has 1 atom stereocenters. The Labute approximate surface area is 110 Å². The van der Waals surface area contributed by atoms with Crippen molar-refractivity contribution >= 4 is 0 Å². The van der Waals surface area contributed by atoms with Gasteiger partial charge in [-0.1, -0.05) is 49.1 Å². The van der Waals surface area contributed by atoms with E-state index in [1.807, 2.05) is 7.05 Å². The van der Waals surface area contributed by atoms with Crippen LogP contribution in [-0.2, 0) is 0 Å². The normalized spacial score (nSPS) is 20.6. The molecule has 2 N–H and O–H groups in total. The smallest absolute Gasteiger partial charge is 0.0728 e. The lowest BCUT2D eigenvalue weighted by Gasteiger charge is -2.39. The number of benzene rings is 1. The molecule has 0 spiro atoms. The molecule has 0 unspecified atom stereocenters. The summed E-state index contributed by atoms with van der Waals surface area (Å²) in [4.78, 5) is 0. The summed E-state index contributed by atoms with van der Waals surface area (Å²) < 4.78 is 0. The van der Waals surface area contributed by atoms with Crippen molar-refractivity contribution < 1.29 is 5.11 Å². The number of aryl methyl sites for hydroxylation is 1. The Bertz CT molecular complexity index is 365. The number of hydrogen-bond acceptors (Lipinski definition) is 2. The maximum atomic E-state index is 10.9. The van der Waals surface area contributed by atoms with E-state index < -0.39 is 5.60 Å². The van der Waals surface area contributed by atoms with E-state index in [9.17, 15) is 5.11 Å². The first-order valence-corrected chi connectivity index (χ1v) is 7.09. The van der Waals surface area contributed by atoms with Gasteiger partial charge in [0.2, 0.25) is 0 Å². The molecule has 0 radical (unpaired) electrons. The molecular formula is C16H25NO. The van der Waals surface area contributed by atoms with E-state index in [-0.39, 0.29) is 5.92 Å². The average molecular weight is 247 g/mol. The van der Waals surface area contributed by atoms with Crippen LogP contribution in [0.25, 0.3) is 0 Å². The highest BCUT2D eigenvalue weighted by Crippen LogP contribution is 2.39. The molecule has 1 aliphatic rings. The molecule has 1 aromatic rings. The van der Waals surface area contributed by atoms with Gasteiger partial charge in [0, 0.05) is 12.5 Å². The molecule has 2 rings (SSSR count). The second kappa shape index (κ2) is 5.85. The van der Waals surface area contributed by atoms with E-state index in [0.29, 0.717) is 0 Å². The zero-order valence-corrected chi connectivity index (χ0v) is 11.6. The third-order valence-electron chi connectivity index (χ3n) is 4.26. The van der Waals surface area contributed by atoms with Crippen molar-refractivity contribution in [1.82, 2.24) is 5.32 Å². The lowest BCUT2D eigenvalue weighted by molar-refractivity contribution is -0.0211. The molecule has 1 aliphatic carbocycles. The van der Waals surface area contributed by atoms with Crippen LogP contribution in [0.2, 0.25) is 0 Å². The molecule has 1 saturated carbocycles. The maximum absolute atomic E-state index is 10.9. The molecule has 0 heterocycles. The Hall–Kier alpha value is -0.860. The minimum Gasteiger partial charge on any atom is -0.389 e. The van der Waals surface area contributed by atoms with Gasteiger partial charge in [-0.15, -0.1) is 0 Å². The van der Waals surface area contributed by atoms with E-state index in [0.717, 1.165) is 32.2 Å². The van der Waals surface area contributed by atoms with Gasteiger partial charge in [0.1, 0.15) is 0 Å². The highest BCUT2D eigenvalue weighted by atomic mass is 16.3. The van der Waals surface area contributed by atoms with Gasteiger partial charge in [-0.2, -0.15) is 0 Å². The molecule has 18 heavy (non-hydrogen) atoms. The van der Waals surface area contributed by atoms with Gasteiger partial charge in [-0.25, -0.2) is 0 Å². The molecule has 0 aromatic heterocycles. The van der Waals surface area contributed by atoms with Crippen LogP contribution in [0, 0.1) is 6.92 Å². The number of likely N-dealkylation sites (N-methyl/N-ethyl adjacent to an activating group) is 1. The SMILES string of the molecule is CNC[C@H](c1ccc(C)cc1)C1(O)CCCCC1. The predicted molar refractivity (Wildman–Crippen MR) is 75.9 cm³/mol. The summed E-state index contributed by atoms with van der Waals surface area (Å²) in [7, 11) is 1.97. The summed E-state index contributed by atoms with van der Waals surface area (Å²) in [5.74, 6) is 0.211. The lowest BCUT2D eigenvalue weighted by Crippen LogP contribution is -2.42. The Morgan fingerprint density at radius 3 is 2.33 bits per heavy atom. The van der Waals surface area contributed by atoms with Gasteiger partial charge >= 0.3 is 0 Å². The molecule has 0 bridgehead atoms. The average Bonchev–Trinajstić information content (AvgIpc) is 2.38. The van der Waals surface area contributed by atoms with Crippen LogP contribution in [0.5, 0.6) is 0 Å². The summed E-state index contributed by atoms with van der Waals surface area (Å²) in [6.45, 7) is 2.95. The molecular weight excluding hydrogens is 222 g/mol. The highest BCUT2D eigenvalue weighted by molar-refractivity contribution is 5.27. The number of nitrogens with one attached hydrogen (secondary N) is 1. The Morgan fingerprint density at radius 2 is 1.78 bits per heavy atom. The zero-order valence-electron chi connectivity index (χ0n) is 11.6. The summed E-state index contributed by atoms with van der Waals surface area (Å²) >= 11 is 0. The first-order chi connectivity index (χ1) is 8.65. The van der Waals surface area contributed by atoms with Crippen LogP contribution in [0.15, 0.2) is 24.3 Å². The molecule has 2 nitrogen and oxygen atoms in total. The quantitative estimate of drug-likeness (QED) is 0.857. The Balaban J connectivity index is 2.23. The van der Waals surface area contributed by atoms with Gasteiger partial charge in [0.05, 0.1) is 5.60 Å². The molecule has 0 saturated heterocycles. The third-order valence-corrected chi connectivity index (χ3v) is 4.26. The van der Waals surface area contributed by atoms with Crippen molar-refractivity contribution in [2.24, 2.45) is 0 Å². The first kappa shape index (κ1) is 13.6. The van der Waals surface area contributed by atoms with Crippen molar-refractivity contribution in [2.75, 3.05) is 13.6 Å². The molecule has 2 heteroatoms. The zero-order chi connectivity index (χ0) is 13.0. The van der Waals surface area contributed by atoms with Crippen LogP contribution in [0.3, 0.4) is 0 Å². The van der Waals surface area contributed by atoms with Crippen molar-refractivity contribution in [3.63, 3.8) is 0 Å². The summed E-state index contributed by atoms with van der Waals surface area (Å²) in [5.41, 5.74) is 2.02. The van der Waals surface area contributed by atoms with Crippen LogP contribution in [0.4, 0.5) is 0 Å². The van der Waals surface area contributed by atoms with E-state index in [1.165, 1.54) is 17.5 Å². The minimum absolute atomic E-state index is 0.211. The van der Waals surface area contributed by atoms with Gasteiger partial charge in [0.15, 0.2) is 0 Å². The Morgan fingerprint density at radius 1 is 1.17 bits per heavy atom. The number of aliphatic hydroxyl groups is 1. The maximum Gasteiger partial charge on any atom is 0.0728 e. The van der Waals surface area contributed by atoms with Gasteiger partial charge < -0.3 is 10.4 Å². The van der Waals surface area contributed by atoms with E-state index >= 15 is 0 Å². The largest absolute Gasteiger partial charge is 0.389 e. The highest BCUT2D eigenvalue weighted by Gasteiger charge is 2.38. The molecule has 1 aromatic carbocycles. The monoisotopic (exact) mass is 247 g/mol. The van der Waals surface area contributed by atoms with Crippen molar-refractivity contribution in [1.29, 1.82) is 0 Å². The minimum atomic E-state index is -0.517. The summed E-state index contributed by atoms with van der Waals surface area (Å²) in [6, 6.07) is 8.63. The van der Waals surface area contributed by atoms with E-state index in [4.69, 9.17) is 0 Å². The standard InChI is InChI=1S/C16H25NO/c1-13-6-8-14(9-7-13)15(12-17-2)16(18)10-4-3-5-11-16/h6-9,15,17-18H,3-5,10-12H2,1-2H3/t15-/m1/s1. The van der Waals surface area contributed by atoms with Gasteiger partial charge in [-0.05, 0) is 32.4 Å². The second-order valence-electron chi connectivity index (χ2n) is 5.69. The van der Waals surface area contributed by atoms with E-state index in [2.05, 4.69) is 36.5 Å². The lowest BCUT2D eigenvalue weighted by atomic mass is 9.72. The second-order valence-corrected chi connectivity index (χ2v) is 5.69. The fraction of sp³-hybridized carbons (Fsp3) is 0.625. The van der Waals surface area contributed by atoms with Crippen molar-refractivity contribution in [3.05, 3.63) is 35.4 Å². The summed E-state index contributed by atoms with van der Waals surface area (Å²) in [6.07, 6.45) is 5.45. The van der Waals surface area contributed by atoms with Crippen molar-refractivity contribution in [2.45, 2.75) is 50.5 Å². The molecule has 1 fully saturated rings. The van der Waals surface area contributed by atoms with Crippen LogP contribution in [0.1, 0.15) is 49.1 Å². The number of rotatable bonds is 4. The topological polar surface area (TPSA) is 32.3 Å². The van der Waals surface area contributed by atoms with Gasteiger partial charge in [-0.3, -0.25) is 0 Å². The first-order valence-electron chi connectivity index (χ1n) is 7.09. The number of hydrogen-bond donors (Lipinski definition) is 2. The van der Waals surface area contributed by atoms with Crippen LogP contribution in [-0.4, -0.2) is 24.3 Å². The molecule has 0 aliphatic heterocycles. The van der Waals surface area contributed by atoms with Gasteiger partial charge in [0.25, 0.3) is 0 Å². The van der Waals surface area contributed by atoms with Crippen molar-refractivity contribution in [3.8, 4) is 0 Å². The van der Waals surface area contributed by atoms with Crippen LogP contribution < -0.4 is 5.32 Å².